The highest BCUT2D eigenvalue weighted by Gasteiger charge is 2.64. The van der Waals surface area contributed by atoms with Gasteiger partial charge in [-0.2, -0.15) is 13.2 Å². The third-order valence-electron chi connectivity index (χ3n) is 5.87. The molecule has 2 aromatic carbocycles. The average Bonchev–Trinajstić information content (AvgIpc) is 2.85. The number of hydrogen-bond donors (Lipinski definition) is 4. The topological polar surface area (TPSA) is 150 Å². The molecule has 39 heavy (non-hydrogen) atoms. The Kier molecular flexibility index (Phi) is 7.18. The van der Waals surface area contributed by atoms with Gasteiger partial charge in [0, 0.05) is 40.1 Å². The van der Waals surface area contributed by atoms with Crippen molar-refractivity contribution in [2.24, 2.45) is 0 Å². The maximum Gasteiger partial charge on any atom is 0.501 e. The van der Waals surface area contributed by atoms with Crippen LogP contribution in [-0.2, 0) is 14.6 Å². The van der Waals surface area contributed by atoms with Crippen LogP contribution in [0.15, 0.2) is 66.0 Å². The van der Waals surface area contributed by atoms with Crippen molar-refractivity contribution in [2.75, 3.05) is 9.74 Å². The van der Waals surface area contributed by atoms with E-state index in [0.717, 1.165) is 40.8 Å². The number of allylic oxidation sites excluding steroid dienone is 1. The zero-order chi connectivity index (χ0) is 28.9. The smallest absolute Gasteiger partial charge is 0.501 e. The second kappa shape index (κ2) is 9.86. The fourth-order valence-electron chi connectivity index (χ4n) is 4.04. The molecule has 0 spiro atoms. The molecule has 1 amide bonds. The van der Waals surface area contributed by atoms with Crippen molar-refractivity contribution in [2.45, 2.75) is 16.6 Å². The number of hydrogen-bond acceptors (Lipinski definition) is 7. The van der Waals surface area contributed by atoms with E-state index in [-0.39, 0.29) is 39.5 Å². The van der Waals surface area contributed by atoms with Crippen LogP contribution in [0.25, 0.3) is 5.57 Å². The predicted octanol–water partition coefficient (Wildman–Crippen LogP) is 4.64. The Morgan fingerprint density at radius 1 is 1.08 bits per heavy atom. The fourth-order valence-corrected chi connectivity index (χ4v) is 6.42. The molecule has 0 aromatic heterocycles. The number of carboxylic acid groups (broad SMARTS) is 1. The van der Waals surface area contributed by atoms with Crippen molar-refractivity contribution in [3.05, 3.63) is 82.6 Å². The number of aromatic carboxylic acids is 1. The molecule has 206 valence electrons. The molecule has 1 heterocycles. The Balaban J connectivity index is 1.98. The number of carboxylic acids is 1. The number of sulfone groups is 1. The molecule has 0 bridgehead atoms. The lowest BCUT2D eigenvalue weighted by molar-refractivity contribution is -0.123. The molecule has 0 saturated heterocycles. The van der Waals surface area contributed by atoms with Gasteiger partial charge in [-0.05, 0) is 30.3 Å². The van der Waals surface area contributed by atoms with Crippen LogP contribution in [0.3, 0.4) is 0 Å². The highest BCUT2D eigenvalue weighted by atomic mass is 127. The van der Waals surface area contributed by atoms with E-state index >= 15 is 4.39 Å². The van der Waals surface area contributed by atoms with Crippen LogP contribution in [0, 0.1) is 0 Å². The summed E-state index contributed by atoms with van der Waals surface area (Å²) in [5.41, 5.74) is -6.96. The lowest BCUT2D eigenvalue weighted by Gasteiger charge is -2.32. The van der Waals surface area contributed by atoms with Crippen LogP contribution < -0.4 is 10.1 Å². The number of aliphatic hydroxyl groups is 1. The van der Waals surface area contributed by atoms with Crippen molar-refractivity contribution in [1.82, 2.24) is 0 Å². The number of alkyl halides is 5. The summed E-state index contributed by atoms with van der Waals surface area (Å²) in [6.07, 6.45) is 2.84. The van der Waals surface area contributed by atoms with Gasteiger partial charge in [0.25, 0.3) is 15.7 Å². The number of carbonyl (C=O) groups is 2. The minimum atomic E-state index is -6.66. The number of benzene rings is 2. The first kappa shape index (κ1) is 28.4. The standard InChI is InChI=1S/C24H16F4INO8S/c25-23(10-29,39(36,37)24(26,27)28)22(35)30-16-3-1-2-15(21(33)34)20(16)19-13-6-4-11(31)8-17(13)38-18-9-12(32)5-7-14(18)19/h1-9,17,31-32H,10H2,(H,30,35)(H,33,34). The number of rotatable bonds is 6. The zero-order valence-electron chi connectivity index (χ0n) is 19.2. The monoisotopic (exact) mass is 681 g/mol. The molecule has 9 nitrogen and oxygen atoms in total. The van der Waals surface area contributed by atoms with Crippen LogP contribution in [0.4, 0.5) is 23.2 Å². The predicted molar refractivity (Wildman–Crippen MR) is 138 cm³/mol. The number of anilines is 1. The minimum absolute atomic E-state index is 0.0160. The van der Waals surface area contributed by atoms with E-state index in [1.54, 1.807) is 0 Å². The molecule has 4 rings (SSSR count). The highest BCUT2D eigenvalue weighted by molar-refractivity contribution is 14.1. The summed E-state index contributed by atoms with van der Waals surface area (Å²) >= 11 is 0.990. The van der Waals surface area contributed by atoms with E-state index in [9.17, 15) is 46.5 Å². The lowest BCUT2D eigenvalue weighted by Crippen LogP contribution is -2.52. The SMILES string of the molecule is O=C(O)c1cccc(NC(=O)C(F)(CI)S(=O)(=O)C(F)(F)F)c1C1=C2C=CC(O)=CC2Oc2cc(O)ccc21. The van der Waals surface area contributed by atoms with Gasteiger partial charge in [-0.3, -0.25) is 4.79 Å². The normalized spacial score (nSPS) is 18.3. The number of phenolic OH excluding ortho intramolecular Hbond substituents is 1. The van der Waals surface area contributed by atoms with Gasteiger partial charge in [0.1, 0.15) is 23.4 Å². The average molecular weight is 681 g/mol. The molecule has 15 heteroatoms. The second-order valence-corrected chi connectivity index (χ2v) is 11.2. The molecule has 0 fully saturated rings. The third kappa shape index (κ3) is 4.73. The quantitative estimate of drug-likeness (QED) is 0.196. The first-order chi connectivity index (χ1) is 18.1. The number of halogens is 5. The summed E-state index contributed by atoms with van der Waals surface area (Å²) in [6.45, 7) is 0. The van der Waals surface area contributed by atoms with E-state index < -0.39 is 54.0 Å². The highest BCUT2D eigenvalue weighted by Crippen LogP contribution is 2.46. The zero-order valence-corrected chi connectivity index (χ0v) is 22.1. The van der Waals surface area contributed by atoms with Gasteiger partial charge in [0.2, 0.25) is 0 Å². The molecule has 4 N–H and O–H groups in total. The molecule has 1 aliphatic heterocycles. The molecule has 2 aliphatic rings. The summed E-state index contributed by atoms with van der Waals surface area (Å²) < 4.78 is 83.3. The molecule has 0 radical (unpaired) electrons. The number of ether oxygens (including phenoxy) is 1. The van der Waals surface area contributed by atoms with Crippen molar-refractivity contribution in [3.8, 4) is 11.5 Å². The Hall–Kier alpha value is -3.60. The van der Waals surface area contributed by atoms with Crippen LogP contribution in [0.2, 0.25) is 0 Å². The van der Waals surface area contributed by atoms with E-state index in [1.165, 1.54) is 36.4 Å². The number of aromatic hydroxyl groups is 1. The van der Waals surface area contributed by atoms with Gasteiger partial charge in [0.05, 0.1) is 9.99 Å². The number of nitrogens with one attached hydrogen (secondary N) is 1. The molecule has 0 saturated carbocycles. The largest absolute Gasteiger partial charge is 0.508 e. The van der Waals surface area contributed by atoms with Crippen molar-refractivity contribution in [1.29, 1.82) is 0 Å². The number of amides is 1. The Bertz CT molecular complexity index is 1600. The Morgan fingerprint density at radius 3 is 2.38 bits per heavy atom. The van der Waals surface area contributed by atoms with Crippen LogP contribution in [0.5, 0.6) is 11.5 Å². The van der Waals surface area contributed by atoms with Gasteiger partial charge in [0.15, 0.2) is 0 Å². The molecular formula is C24H16F4INO8S. The number of phenols is 1. The Morgan fingerprint density at radius 2 is 1.77 bits per heavy atom. The van der Waals surface area contributed by atoms with Gasteiger partial charge >= 0.3 is 16.5 Å². The third-order valence-corrected chi connectivity index (χ3v) is 9.23. The molecule has 2 unspecified atom stereocenters. The van der Waals surface area contributed by atoms with Crippen LogP contribution in [-0.4, -0.2) is 56.7 Å². The van der Waals surface area contributed by atoms with Gasteiger partial charge < -0.3 is 25.4 Å². The molecular weight excluding hydrogens is 665 g/mol. The first-order valence-electron chi connectivity index (χ1n) is 10.7. The lowest BCUT2D eigenvalue weighted by atomic mass is 9.83. The number of fused-ring (bicyclic) bond motifs is 2. The van der Waals surface area contributed by atoms with Crippen molar-refractivity contribution >= 4 is 55.6 Å². The second-order valence-electron chi connectivity index (χ2n) is 8.27. The summed E-state index contributed by atoms with van der Waals surface area (Å²) in [5.74, 6) is -4.16. The van der Waals surface area contributed by atoms with Crippen LogP contribution >= 0.6 is 22.6 Å². The van der Waals surface area contributed by atoms with Gasteiger partial charge in [-0.25, -0.2) is 17.6 Å². The summed E-state index contributed by atoms with van der Waals surface area (Å²) in [7, 11) is -6.66. The Labute approximate surface area is 231 Å². The molecule has 2 aromatic rings. The maximum atomic E-state index is 15.4. The van der Waals surface area contributed by atoms with E-state index in [2.05, 4.69) is 0 Å². The van der Waals surface area contributed by atoms with Gasteiger partial charge in [-0.15, -0.1) is 0 Å². The van der Waals surface area contributed by atoms with Gasteiger partial charge in [-0.1, -0.05) is 34.7 Å². The van der Waals surface area contributed by atoms with E-state index in [4.69, 9.17) is 4.74 Å². The number of aliphatic hydroxyl groups excluding tert-OH is 1. The first-order valence-corrected chi connectivity index (χ1v) is 13.7. The van der Waals surface area contributed by atoms with E-state index in [1.807, 2.05) is 5.32 Å². The summed E-state index contributed by atoms with van der Waals surface area (Å²) in [4.78, 5) is 25.1. The summed E-state index contributed by atoms with van der Waals surface area (Å²) in [5, 5.41) is 27.2. The molecule has 2 atom stereocenters. The maximum absolute atomic E-state index is 15.4. The minimum Gasteiger partial charge on any atom is -0.508 e. The fraction of sp³-hybridized carbons (Fsp3) is 0.167. The summed E-state index contributed by atoms with van der Waals surface area (Å²) in [6, 6.07) is 7.06. The van der Waals surface area contributed by atoms with E-state index in [0.29, 0.717) is 0 Å². The molecule has 1 aliphatic carbocycles. The van der Waals surface area contributed by atoms with Crippen molar-refractivity contribution in [3.63, 3.8) is 0 Å². The number of carbonyl (C=O) groups excluding carboxylic acids is 1. The van der Waals surface area contributed by atoms with Crippen LogP contribution in [0.1, 0.15) is 21.5 Å². The van der Waals surface area contributed by atoms with Crippen molar-refractivity contribution < 1.29 is 55.6 Å².